The molecule has 2 N–H and O–H groups in total. The summed E-state index contributed by atoms with van der Waals surface area (Å²) in [5.41, 5.74) is 5.30. The Hall–Kier alpha value is -2.82. The maximum Gasteiger partial charge on any atom is 0.277 e. The number of carbonyl (C=O) groups is 1. The molecule has 1 amide bonds. The maximum atomic E-state index is 11.7. The van der Waals surface area contributed by atoms with E-state index in [2.05, 4.69) is 10.5 Å². The highest BCUT2D eigenvalue weighted by atomic mass is 16.5. The van der Waals surface area contributed by atoms with Crippen LogP contribution in [0.15, 0.2) is 47.6 Å². The van der Waals surface area contributed by atoms with Crippen molar-refractivity contribution in [3.63, 3.8) is 0 Å². The summed E-state index contributed by atoms with van der Waals surface area (Å²) < 4.78 is 5.48. The Balaban J connectivity index is 1.83. The number of hydrazone groups is 1. The van der Waals surface area contributed by atoms with Crippen LogP contribution in [0.2, 0.25) is 0 Å². The van der Waals surface area contributed by atoms with Crippen molar-refractivity contribution in [2.24, 2.45) is 5.10 Å². The van der Waals surface area contributed by atoms with E-state index in [9.17, 15) is 4.79 Å². The van der Waals surface area contributed by atoms with Crippen molar-refractivity contribution in [2.45, 2.75) is 13.8 Å². The molecule has 0 aliphatic carbocycles. The molecule has 0 saturated carbocycles. The molecule has 2 rings (SSSR count). The maximum absolute atomic E-state index is 11.7. The van der Waals surface area contributed by atoms with E-state index in [-0.39, 0.29) is 18.3 Å². The van der Waals surface area contributed by atoms with Gasteiger partial charge in [-0.05, 0) is 60.9 Å². The number of aryl methyl sites for hydroxylation is 1. The minimum absolute atomic E-state index is 0.1000. The molecule has 0 aromatic heterocycles. The lowest BCUT2D eigenvalue weighted by Gasteiger charge is -2.09. The molecule has 0 heterocycles. The van der Waals surface area contributed by atoms with Crippen LogP contribution >= 0.6 is 0 Å². The molecule has 0 saturated heterocycles. The first-order valence-electron chi connectivity index (χ1n) is 6.86. The number of benzene rings is 2. The largest absolute Gasteiger partial charge is 0.508 e. The molecule has 5 nitrogen and oxygen atoms in total. The highest BCUT2D eigenvalue weighted by Crippen LogP contribution is 2.20. The molecule has 0 unspecified atom stereocenters. The number of carbonyl (C=O) groups excluding carboxylic acids is 1. The predicted octanol–water partition coefficient (Wildman–Crippen LogP) is 2.54. The number of amides is 1. The Bertz CT molecular complexity index is 679. The summed E-state index contributed by atoms with van der Waals surface area (Å²) in [6, 6.07) is 12.2. The van der Waals surface area contributed by atoms with Gasteiger partial charge in [-0.2, -0.15) is 5.10 Å². The Labute approximate surface area is 129 Å². The smallest absolute Gasteiger partial charge is 0.277 e. The summed E-state index contributed by atoms with van der Waals surface area (Å²) in [6.07, 6.45) is 1.50. The first kappa shape index (κ1) is 15.6. The number of rotatable bonds is 5. The Morgan fingerprint density at radius 3 is 2.68 bits per heavy atom. The lowest BCUT2D eigenvalue weighted by Crippen LogP contribution is -2.24. The number of nitrogens with one attached hydrogen (secondary N) is 1. The highest BCUT2D eigenvalue weighted by Gasteiger charge is 2.05. The van der Waals surface area contributed by atoms with Crippen LogP contribution in [-0.2, 0) is 4.79 Å². The minimum atomic E-state index is -0.337. The zero-order valence-corrected chi connectivity index (χ0v) is 12.5. The predicted molar refractivity (Wildman–Crippen MR) is 85.3 cm³/mol. The SMILES string of the molecule is Cc1cccc(OCC(=O)N/N=C/c2ccc(O)cc2)c1C. The van der Waals surface area contributed by atoms with E-state index in [1.165, 1.54) is 6.21 Å². The number of phenolic OH excluding ortho intramolecular Hbond substituents is 1. The van der Waals surface area contributed by atoms with Gasteiger partial charge in [-0.15, -0.1) is 0 Å². The van der Waals surface area contributed by atoms with Crippen LogP contribution in [0.5, 0.6) is 11.5 Å². The Morgan fingerprint density at radius 1 is 1.23 bits per heavy atom. The van der Waals surface area contributed by atoms with Crippen LogP contribution in [0.25, 0.3) is 0 Å². The van der Waals surface area contributed by atoms with E-state index in [1.807, 2.05) is 32.0 Å². The third kappa shape index (κ3) is 4.34. The fourth-order valence-corrected chi connectivity index (χ4v) is 1.80. The van der Waals surface area contributed by atoms with Gasteiger partial charge in [0.1, 0.15) is 11.5 Å². The molecule has 114 valence electrons. The van der Waals surface area contributed by atoms with Crippen molar-refractivity contribution >= 4 is 12.1 Å². The lowest BCUT2D eigenvalue weighted by atomic mass is 10.1. The normalized spacial score (nSPS) is 10.6. The second kappa shape index (κ2) is 7.26. The molecular formula is C17H18N2O3. The second-order valence-corrected chi connectivity index (χ2v) is 4.87. The molecule has 5 heteroatoms. The fraction of sp³-hybridized carbons (Fsp3) is 0.176. The second-order valence-electron chi connectivity index (χ2n) is 4.87. The van der Waals surface area contributed by atoms with E-state index in [0.29, 0.717) is 5.75 Å². The molecule has 0 fully saturated rings. The van der Waals surface area contributed by atoms with Crippen molar-refractivity contribution in [1.29, 1.82) is 0 Å². The number of aromatic hydroxyl groups is 1. The summed E-state index contributed by atoms with van der Waals surface area (Å²) in [4.78, 5) is 11.7. The van der Waals surface area contributed by atoms with Gasteiger partial charge in [0.15, 0.2) is 6.61 Å². The number of nitrogens with zero attached hydrogens (tertiary/aromatic N) is 1. The van der Waals surface area contributed by atoms with Crippen molar-refractivity contribution in [1.82, 2.24) is 5.43 Å². The molecule has 0 aliphatic heterocycles. The summed E-state index contributed by atoms with van der Waals surface area (Å²) in [7, 11) is 0. The van der Waals surface area contributed by atoms with Crippen LogP contribution in [0.3, 0.4) is 0 Å². The highest BCUT2D eigenvalue weighted by molar-refractivity contribution is 5.83. The van der Waals surface area contributed by atoms with Crippen molar-refractivity contribution in [3.05, 3.63) is 59.2 Å². The third-order valence-electron chi connectivity index (χ3n) is 3.21. The summed E-state index contributed by atoms with van der Waals surface area (Å²) in [5.74, 6) is 0.539. The van der Waals surface area contributed by atoms with Gasteiger partial charge in [0, 0.05) is 0 Å². The van der Waals surface area contributed by atoms with E-state index in [4.69, 9.17) is 9.84 Å². The van der Waals surface area contributed by atoms with Gasteiger partial charge in [0.05, 0.1) is 6.21 Å². The topological polar surface area (TPSA) is 70.9 Å². The van der Waals surface area contributed by atoms with Crippen molar-refractivity contribution < 1.29 is 14.6 Å². The number of hydrogen-bond acceptors (Lipinski definition) is 4. The van der Waals surface area contributed by atoms with Crippen LogP contribution < -0.4 is 10.2 Å². The van der Waals surface area contributed by atoms with Crippen molar-refractivity contribution in [2.75, 3.05) is 6.61 Å². The molecule has 0 aliphatic rings. The average Bonchev–Trinajstić information content (AvgIpc) is 2.51. The van der Waals surface area contributed by atoms with Gasteiger partial charge in [0.2, 0.25) is 0 Å². The first-order chi connectivity index (χ1) is 10.6. The van der Waals surface area contributed by atoms with E-state index in [0.717, 1.165) is 16.7 Å². The summed E-state index contributed by atoms with van der Waals surface area (Å²) >= 11 is 0. The first-order valence-corrected chi connectivity index (χ1v) is 6.86. The summed E-state index contributed by atoms with van der Waals surface area (Å²) in [5, 5.41) is 13.0. The van der Waals surface area contributed by atoms with Gasteiger partial charge in [0.25, 0.3) is 5.91 Å². The van der Waals surface area contributed by atoms with Gasteiger partial charge in [-0.25, -0.2) is 5.43 Å². The van der Waals surface area contributed by atoms with Crippen LogP contribution in [0.4, 0.5) is 0 Å². The zero-order chi connectivity index (χ0) is 15.9. The molecule has 0 radical (unpaired) electrons. The number of hydrogen-bond donors (Lipinski definition) is 2. The zero-order valence-electron chi connectivity index (χ0n) is 12.5. The molecule has 2 aromatic carbocycles. The fourth-order valence-electron chi connectivity index (χ4n) is 1.80. The van der Waals surface area contributed by atoms with Crippen LogP contribution in [0.1, 0.15) is 16.7 Å². The molecular weight excluding hydrogens is 280 g/mol. The Kier molecular flexibility index (Phi) is 5.14. The average molecular weight is 298 g/mol. The van der Waals surface area contributed by atoms with E-state index >= 15 is 0 Å². The van der Waals surface area contributed by atoms with Crippen LogP contribution in [-0.4, -0.2) is 23.8 Å². The van der Waals surface area contributed by atoms with E-state index < -0.39 is 0 Å². The third-order valence-corrected chi connectivity index (χ3v) is 3.21. The standard InChI is InChI=1S/C17H18N2O3/c1-12-4-3-5-16(13(12)2)22-11-17(21)19-18-10-14-6-8-15(20)9-7-14/h3-10,20H,11H2,1-2H3,(H,19,21)/b18-10+. The van der Waals surface area contributed by atoms with Gasteiger partial charge >= 0.3 is 0 Å². The van der Waals surface area contributed by atoms with Gasteiger partial charge in [-0.1, -0.05) is 12.1 Å². The molecule has 0 spiro atoms. The molecule has 0 atom stereocenters. The molecule has 2 aromatic rings. The number of phenols is 1. The molecule has 0 bridgehead atoms. The number of ether oxygens (including phenoxy) is 1. The monoisotopic (exact) mass is 298 g/mol. The Morgan fingerprint density at radius 2 is 1.95 bits per heavy atom. The molecule has 22 heavy (non-hydrogen) atoms. The van der Waals surface area contributed by atoms with Gasteiger partial charge in [-0.3, -0.25) is 4.79 Å². The van der Waals surface area contributed by atoms with E-state index in [1.54, 1.807) is 24.3 Å². The summed E-state index contributed by atoms with van der Waals surface area (Å²) in [6.45, 7) is 3.84. The lowest BCUT2D eigenvalue weighted by molar-refractivity contribution is -0.123. The minimum Gasteiger partial charge on any atom is -0.508 e. The van der Waals surface area contributed by atoms with Gasteiger partial charge < -0.3 is 9.84 Å². The van der Waals surface area contributed by atoms with Crippen LogP contribution in [0, 0.1) is 13.8 Å². The quantitative estimate of drug-likeness (QED) is 0.658. The van der Waals surface area contributed by atoms with Crippen molar-refractivity contribution in [3.8, 4) is 11.5 Å².